The van der Waals surface area contributed by atoms with Gasteiger partial charge in [-0.15, -0.1) is 0 Å². The Balaban J connectivity index is 1.96. The normalized spacial score (nSPS) is 18.8. The molecule has 1 aromatic rings. The molecule has 6 nitrogen and oxygen atoms in total. The summed E-state index contributed by atoms with van der Waals surface area (Å²) in [6.45, 7) is 8.15. The predicted molar refractivity (Wildman–Crippen MR) is 78.0 cm³/mol. The number of aromatic nitrogens is 2. The van der Waals surface area contributed by atoms with Crippen molar-refractivity contribution in [1.82, 2.24) is 19.6 Å². The maximum atomic E-state index is 12.2. The van der Waals surface area contributed by atoms with E-state index in [9.17, 15) is 8.42 Å². The van der Waals surface area contributed by atoms with E-state index < -0.39 is 10.0 Å². The standard InChI is InChI=1S/C13H24N4O2S/c1-4-12-14-9-13(15-12)20(18,19)16-11-5-7-17(8-6-11)10(2)3/h9-11,16H,4-8H2,1-3H3,(H,14,15). The van der Waals surface area contributed by atoms with Crippen molar-refractivity contribution >= 4 is 10.0 Å². The molecule has 0 amide bonds. The van der Waals surface area contributed by atoms with Crippen molar-refractivity contribution in [2.24, 2.45) is 0 Å². The lowest BCUT2D eigenvalue weighted by Crippen LogP contribution is -2.46. The fraction of sp³-hybridized carbons (Fsp3) is 0.769. The van der Waals surface area contributed by atoms with Crippen molar-refractivity contribution in [2.45, 2.75) is 57.1 Å². The number of rotatable bonds is 5. The molecule has 20 heavy (non-hydrogen) atoms. The van der Waals surface area contributed by atoms with Crippen LogP contribution in [0.15, 0.2) is 11.2 Å². The van der Waals surface area contributed by atoms with Crippen molar-refractivity contribution in [2.75, 3.05) is 13.1 Å². The van der Waals surface area contributed by atoms with Crippen LogP contribution >= 0.6 is 0 Å². The van der Waals surface area contributed by atoms with Crippen LogP contribution in [0.5, 0.6) is 0 Å². The van der Waals surface area contributed by atoms with E-state index in [1.807, 2.05) is 6.92 Å². The van der Waals surface area contributed by atoms with Gasteiger partial charge in [-0.3, -0.25) is 0 Å². The van der Waals surface area contributed by atoms with Crippen molar-refractivity contribution in [1.29, 1.82) is 0 Å². The molecule has 1 saturated heterocycles. The molecule has 0 bridgehead atoms. The third-order valence-corrected chi connectivity index (χ3v) is 5.24. The first kappa shape index (κ1) is 15.5. The molecule has 1 fully saturated rings. The van der Waals surface area contributed by atoms with Gasteiger partial charge >= 0.3 is 0 Å². The molecule has 0 aromatic carbocycles. The van der Waals surface area contributed by atoms with Crippen LogP contribution in [0.3, 0.4) is 0 Å². The number of aromatic amines is 1. The molecule has 2 heterocycles. The number of nitrogens with one attached hydrogen (secondary N) is 2. The van der Waals surface area contributed by atoms with E-state index in [4.69, 9.17) is 0 Å². The quantitative estimate of drug-likeness (QED) is 0.854. The maximum absolute atomic E-state index is 12.2. The highest BCUT2D eigenvalue weighted by atomic mass is 32.2. The van der Waals surface area contributed by atoms with Gasteiger partial charge in [0.05, 0.1) is 6.20 Å². The zero-order valence-electron chi connectivity index (χ0n) is 12.4. The number of H-pyrrole nitrogens is 1. The van der Waals surface area contributed by atoms with Gasteiger partial charge in [-0.25, -0.2) is 18.1 Å². The lowest BCUT2D eigenvalue weighted by molar-refractivity contribution is 0.168. The summed E-state index contributed by atoms with van der Waals surface area (Å²) >= 11 is 0. The van der Waals surface area contributed by atoms with Gasteiger partial charge in [0.1, 0.15) is 5.82 Å². The third kappa shape index (κ3) is 3.59. The minimum atomic E-state index is -3.47. The largest absolute Gasteiger partial charge is 0.332 e. The molecule has 7 heteroatoms. The molecule has 0 saturated carbocycles. The molecule has 1 aliphatic heterocycles. The summed E-state index contributed by atoms with van der Waals surface area (Å²) < 4.78 is 27.3. The van der Waals surface area contributed by atoms with Crippen molar-refractivity contribution in [3.05, 3.63) is 12.0 Å². The number of hydrogen-bond acceptors (Lipinski definition) is 4. The fourth-order valence-corrected chi connectivity index (χ4v) is 3.72. The molecule has 2 rings (SSSR count). The molecule has 2 N–H and O–H groups in total. The molecule has 0 radical (unpaired) electrons. The average Bonchev–Trinajstić information content (AvgIpc) is 2.88. The number of imidazole rings is 1. The topological polar surface area (TPSA) is 78.1 Å². The van der Waals surface area contributed by atoms with Crippen LogP contribution in [0.4, 0.5) is 0 Å². The summed E-state index contributed by atoms with van der Waals surface area (Å²) in [4.78, 5) is 9.27. The van der Waals surface area contributed by atoms with Crippen LogP contribution in [0.1, 0.15) is 39.4 Å². The molecular weight excluding hydrogens is 276 g/mol. The second-order valence-electron chi connectivity index (χ2n) is 5.57. The first-order valence-electron chi connectivity index (χ1n) is 7.22. The van der Waals surface area contributed by atoms with Gasteiger partial charge in [-0.1, -0.05) is 6.92 Å². The SMILES string of the molecule is CCc1ncc(S(=O)(=O)NC2CCN(C(C)C)CC2)[nH]1. The maximum Gasteiger partial charge on any atom is 0.257 e. The summed E-state index contributed by atoms with van der Waals surface area (Å²) in [6.07, 6.45) is 3.80. The number of likely N-dealkylation sites (tertiary alicyclic amines) is 1. The zero-order valence-corrected chi connectivity index (χ0v) is 13.2. The number of piperidine rings is 1. The van der Waals surface area contributed by atoms with Gasteiger partial charge in [0, 0.05) is 18.5 Å². The average molecular weight is 300 g/mol. The van der Waals surface area contributed by atoms with E-state index in [-0.39, 0.29) is 11.1 Å². The van der Waals surface area contributed by atoms with Gasteiger partial charge in [-0.2, -0.15) is 0 Å². The van der Waals surface area contributed by atoms with Crippen molar-refractivity contribution < 1.29 is 8.42 Å². The smallest absolute Gasteiger partial charge is 0.257 e. The minimum absolute atomic E-state index is 0.0170. The van der Waals surface area contributed by atoms with Crippen LogP contribution in [0, 0.1) is 0 Å². The Bertz CT molecular complexity index is 530. The van der Waals surface area contributed by atoms with Gasteiger partial charge in [0.25, 0.3) is 10.0 Å². The lowest BCUT2D eigenvalue weighted by Gasteiger charge is -2.34. The molecule has 0 spiro atoms. The highest BCUT2D eigenvalue weighted by molar-refractivity contribution is 7.89. The molecule has 0 aliphatic carbocycles. The van der Waals surface area contributed by atoms with E-state index in [1.165, 1.54) is 6.20 Å². The monoisotopic (exact) mass is 300 g/mol. The summed E-state index contributed by atoms with van der Waals surface area (Å²) in [5.41, 5.74) is 0. The van der Waals surface area contributed by atoms with Crippen LogP contribution in [-0.2, 0) is 16.4 Å². The first-order valence-corrected chi connectivity index (χ1v) is 8.71. The Labute approximate surface area is 121 Å². The highest BCUT2D eigenvalue weighted by Crippen LogP contribution is 2.15. The summed E-state index contributed by atoms with van der Waals surface area (Å²) in [7, 11) is -3.47. The van der Waals surface area contributed by atoms with Gasteiger partial charge < -0.3 is 9.88 Å². The van der Waals surface area contributed by atoms with Crippen LogP contribution in [0.25, 0.3) is 0 Å². The van der Waals surface area contributed by atoms with Crippen molar-refractivity contribution in [3.63, 3.8) is 0 Å². The summed E-state index contributed by atoms with van der Waals surface area (Å²) in [5, 5.41) is 0.167. The Morgan fingerprint density at radius 3 is 2.60 bits per heavy atom. The Morgan fingerprint density at radius 1 is 1.45 bits per heavy atom. The number of hydrogen-bond donors (Lipinski definition) is 2. The number of sulfonamides is 1. The second kappa shape index (κ2) is 6.24. The number of aryl methyl sites for hydroxylation is 1. The number of nitrogens with zero attached hydrogens (tertiary/aromatic N) is 2. The van der Waals surface area contributed by atoms with Crippen LogP contribution in [0.2, 0.25) is 0 Å². The van der Waals surface area contributed by atoms with Crippen LogP contribution < -0.4 is 4.72 Å². The second-order valence-corrected chi connectivity index (χ2v) is 7.26. The van der Waals surface area contributed by atoms with E-state index in [0.717, 1.165) is 25.9 Å². The summed E-state index contributed by atoms with van der Waals surface area (Å²) in [5.74, 6) is 0.694. The molecule has 0 unspecified atom stereocenters. The predicted octanol–water partition coefficient (Wildman–Crippen LogP) is 1.12. The first-order chi connectivity index (χ1) is 9.42. The lowest BCUT2D eigenvalue weighted by atomic mass is 10.1. The Hall–Kier alpha value is -0.920. The van der Waals surface area contributed by atoms with Gasteiger partial charge in [-0.05, 0) is 39.8 Å². The molecule has 1 aliphatic rings. The fourth-order valence-electron chi connectivity index (χ4n) is 2.48. The van der Waals surface area contributed by atoms with E-state index in [2.05, 4.69) is 33.4 Å². The summed E-state index contributed by atoms with van der Waals surface area (Å²) in [6, 6.07) is 0.538. The molecule has 1 aromatic heterocycles. The van der Waals surface area contributed by atoms with Gasteiger partial charge in [0.15, 0.2) is 5.03 Å². The van der Waals surface area contributed by atoms with E-state index >= 15 is 0 Å². The zero-order chi connectivity index (χ0) is 14.8. The van der Waals surface area contributed by atoms with E-state index in [0.29, 0.717) is 18.3 Å². The van der Waals surface area contributed by atoms with Gasteiger partial charge in [0.2, 0.25) is 0 Å². The molecule has 0 atom stereocenters. The Morgan fingerprint density at radius 2 is 2.10 bits per heavy atom. The minimum Gasteiger partial charge on any atom is -0.332 e. The Kier molecular flexibility index (Phi) is 4.82. The van der Waals surface area contributed by atoms with E-state index in [1.54, 1.807) is 0 Å². The molecule has 114 valence electrons. The van der Waals surface area contributed by atoms with Crippen LogP contribution in [-0.4, -0.2) is 48.5 Å². The highest BCUT2D eigenvalue weighted by Gasteiger charge is 2.26. The molecular formula is C13H24N4O2S. The third-order valence-electron chi connectivity index (χ3n) is 3.81. The van der Waals surface area contributed by atoms with Crippen molar-refractivity contribution in [3.8, 4) is 0 Å².